The van der Waals surface area contributed by atoms with Crippen molar-refractivity contribution in [2.75, 3.05) is 0 Å². The second kappa shape index (κ2) is 3.07. The molecular weight excluding hydrogens is 233 g/mol. The fourth-order valence-corrected chi connectivity index (χ4v) is 1.55. The van der Waals surface area contributed by atoms with E-state index in [2.05, 4.69) is 20.9 Å². The third-order valence-electron chi connectivity index (χ3n) is 1.93. The Hall–Kier alpha value is -0.960. The summed E-state index contributed by atoms with van der Waals surface area (Å²) in [6, 6.07) is 6.66. The first kappa shape index (κ1) is 8.63. The van der Waals surface area contributed by atoms with Crippen LogP contribution in [0, 0.1) is 12.7 Å². The van der Waals surface area contributed by atoms with Crippen LogP contribution in [0.5, 0.6) is 0 Å². The van der Waals surface area contributed by atoms with Crippen LogP contribution in [0.25, 0.3) is 10.9 Å². The number of pyridine rings is 1. The van der Waals surface area contributed by atoms with E-state index in [0.717, 1.165) is 10.2 Å². The van der Waals surface area contributed by atoms with E-state index in [1.165, 1.54) is 6.07 Å². The minimum atomic E-state index is -0.231. The van der Waals surface area contributed by atoms with Gasteiger partial charge in [0.2, 0.25) is 0 Å². The maximum atomic E-state index is 13.2. The Morgan fingerprint density at radius 2 is 2.15 bits per heavy atom. The van der Waals surface area contributed by atoms with Crippen molar-refractivity contribution in [1.29, 1.82) is 0 Å². The number of nitrogens with zero attached hydrogens (tertiary/aromatic N) is 1. The van der Waals surface area contributed by atoms with Gasteiger partial charge in [-0.2, -0.15) is 0 Å². The highest BCUT2D eigenvalue weighted by Crippen LogP contribution is 2.22. The zero-order chi connectivity index (χ0) is 9.42. The van der Waals surface area contributed by atoms with Gasteiger partial charge in [-0.25, -0.2) is 4.39 Å². The topological polar surface area (TPSA) is 12.9 Å². The maximum Gasteiger partial charge on any atom is 0.132 e. The molecule has 66 valence electrons. The molecule has 1 heterocycles. The second-order valence-corrected chi connectivity index (χ2v) is 3.72. The van der Waals surface area contributed by atoms with E-state index in [-0.39, 0.29) is 5.82 Å². The van der Waals surface area contributed by atoms with Gasteiger partial charge in [0.1, 0.15) is 5.82 Å². The number of hydrogen-bond acceptors (Lipinski definition) is 1. The van der Waals surface area contributed by atoms with E-state index in [1.54, 1.807) is 18.2 Å². The molecule has 1 aromatic heterocycles. The number of halogens is 2. The van der Waals surface area contributed by atoms with Crippen molar-refractivity contribution in [2.45, 2.75) is 6.92 Å². The van der Waals surface area contributed by atoms with E-state index in [9.17, 15) is 4.39 Å². The van der Waals surface area contributed by atoms with E-state index in [4.69, 9.17) is 0 Å². The van der Waals surface area contributed by atoms with Crippen molar-refractivity contribution in [3.8, 4) is 0 Å². The predicted molar refractivity (Wildman–Crippen MR) is 54.1 cm³/mol. The van der Waals surface area contributed by atoms with Crippen molar-refractivity contribution in [1.82, 2.24) is 4.98 Å². The van der Waals surface area contributed by atoms with Gasteiger partial charge in [0.05, 0.1) is 11.2 Å². The Labute approximate surface area is 83.7 Å². The van der Waals surface area contributed by atoms with Crippen LogP contribution in [0.15, 0.2) is 28.7 Å². The number of aryl methyl sites for hydroxylation is 1. The summed E-state index contributed by atoms with van der Waals surface area (Å²) in [4.78, 5) is 4.25. The van der Waals surface area contributed by atoms with Gasteiger partial charge in [0, 0.05) is 9.86 Å². The molecule has 0 bridgehead atoms. The van der Waals surface area contributed by atoms with Gasteiger partial charge < -0.3 is 0 Å². The summed E-state index contributed by atoms with van der Waals surface area (Å²) in [5.41, 5.74) is 1.57. The lowest BCUT2D eigenvalue weighted by atomic mass is 10.2. The molecule has 0 amide bonds. The lowest BCUT2D eigenvalue weighted by Gasteiger charge is -2.01. The highest BCUT2D eigenvalue weighted by molar-refractivity contribution is 9.10. The molecule has 0 spiro atoms. The van der Waals surface area contributed by atoms with E-state index >= 15 is 0 Å². The van der Waals surface area contributed by atoms with Crippen LogP contribution < -0.4 is 0 Å². The Morgan fingerprint density at radius 1 is 1.38 bits per heavy atom. The first-order chi connectivity index (χ1) is 6.18. The molecule has 0 fully saturated rings. The van der Waals surface area contributed by atoms with Gasteiger partial charge in [-0.05, 0) is 41.1 Å². The molecule has 2 rings (SSSR count). The van der Waals surface area contributed by atoms with Gasteiger partial charge in [-0.15, -0.1) is 0 Å². The van der Waals surface area contributed by atoms with Crippen LogP contribution in [0.2, 0.25) is 0 Å². The number of benzene rings is 1. The molecule has 0 saturated carbocycles. The van der Waals surface area contributed by atoms with Crippen molar-refractivity contribution in [3.63, 3.8) is 0 Å². The Balaban J connectivity index is 2.89. The van der Waals surface area contributed by atoms with Crippen molar-refractivity contribution in [2.24, 2.45) is 0 Å². The van der Waals surface area contributed by atoms with Crippen LogP contribution in [0.3, 0.4) is 0 Å². The highest BCUT2D eigenvalue weighted by atomic mass is 79.9. The Kier molecular flexibility index (Phi) is 2.04. The van der Waals surface area contributed by atoms with Gasteiger partial charge in [0.25, 0.3) is 0 Å². The zero-order valence-electron chi connectivity index (χ0n) is 7.01. The summed E-state index contributed by atoms with van der Waals surface area (Å²) in [6.07, 6.45) is 0. The molecule has 0 aliphatic rings. The molecule has 2 aromatic rings. The highest BCUT2D eigenvalue weighted by Gasteiger charge is 2.03. The first-order valence-electron chi connectivity index (χ1n) is 3.90. The molecule has 0 aliphatic heterocycles. The first-order valence-corrected chi connectivity index (χ1v) is 4.69. The summed E-state index contributed by atoms with van der Waals surface area (Å²) in [6.45, 7) is 1.88. The van der Waals surface area contributed by atoms with Crippen LogP contribution >= 0.6 is 15.9 Å². The SMILES string of the molecule is Cc1nc2cccc(F)c2cc1Br. The quantitative estimate of drug-likeness (QED) is 0.687. The van der Waals surface area contributed by atoms with Gasteiger partial charge in [-0.3, -0.25) is 4.98 Å². The van der Waals surface area contributed by atoms with E-state index < -0.39 is 0 Å². The van der Waals surface area contributed by atoms with Crippen molar-refractivity contribution >= 4 is 26.8 Å². The molecule has 13 heavy (non-hydrogen) atoms. The minimum Gasteiger partial charge on any atom is -0.252 e. The monoisotopic (exact) mass is 239 g/mol. The Morgan fingerprint density at radius 3 is 2.92 bits per heavy atom. The molecule has 0 atom stereocenters. The fourth-order valence-electron chi connectivity index (χ4n) is 1.23. The third kappa shape index (κ3) is 1.44. The largest absolute Gasteiger partial charge is 0.252 e. The van der Waals surface area contributed by atoms with Crippen LogP contribution in [0.1, 0.15) is 5.69 Å². The van der Waals surface area contributed by atoms with Crippen LogP contribution in [-0.2, 0) is 0 Å². The molecule has 0 unspecified atom stereocenters. The zero-order valence-corrected chi connectivity index (χ0v) is 8.60. The molecule has 3 heteroatoms. The molecule has 1 aromatic carbocycles. The lowest BCUT2D eigenvalue weighted by molar-refractivity contribution is 0.639. The average Bonchev–Trinajstić information content (AvgIpc) is 2.09. The molecule has 1 nitrogen and oxygen atoms in total. The van der Waals surface area contributed by atoms with Gasteiger partial charge in [-0.1, -0.05) is 6.07 Å². The second-order valence-electron chi connectivity index (χ2n) is 2.86. The number of rotatable bonds is 0. The van der Waals surface area contributed by atoms with E-state index in [1.807, 2.05) is 6.92 Å². The molecule has 0 saturated heterocycles. The van der Waals surface area contributed by atoms with E-state index in [0.29, 0.717) is 10.9 Å². The summed E-state index contributed by atoms with van der Waals surface area (Å²) in [5.74, 6) is -0.231. The summed E-state index contributed by atoms with van der Waals surface area (Å²) in [7, 11) is 0. The van der Waals surface area contributed by atoms with Gasteiger partial charge in [0.15, 0.2) is 0 Å². The lowest BCUT2D eigenvalue weighted by Crippen LogP contribution is -1.87. The smallest absolute Gasteiger partial charge is 0.132 e. The van der Waals surface area contributed by atoms with Gasteiger partial charge >= 0.3 is 0 Å². The average molecular weight is 240 g/mol. The molecule has 0 radical (unpaired) electrons. The summed E-state index contributed by atoms with van der Waals surface area (Å²) in [5, 5.41) is 0.556. The summed E-state index contributed by atoms with van der Waals surface area (Å²) >= 11 is 3.32. The van der Waals surface area contributed by atoms with Crippen LogP contribution in [-0.4, -0.2) is 4.98 Å². The molecular formula is C10H7BrFN. The van der Waals surface area contributed by atoms with Crippen LogP contribution in [0.4, 0.5) is 4.39 Å². The maximum absolute atomic E-state index is 13.2. The predicted octanol–water partition coefficient (Wildman–Crippen LogP) is 3.44. The number of aromatic nitrogens is 1. The fraction of sp³-hybridized carbons (Fsp3) is 0.100. The molecule has 0 N–H and O–H groups in total. The third-order valence-corrected chi connectivity index (χ3v) is 2.74. The number of fused-ring (bicyclic) bond motifs is 1. The number of hydrogen-bond donors (Lipinski definition) is 0. The standard InChI is InChI=1S/C10H7BrFN/c1-6-8(11)5-7-9(12)3-2-4-10(7)13-6/h2-5H,1H3. The molecule has 0 aliphatic carbocycles. The minimum absolute atomic E-state index is 0.231. The van der Waals surface area contributed by atoms with Crippen molar-refractivity contribution < 1.29 is 4.39 Å². The van der Waals surface area contributed by atoms with Crippen molar-refractivity contribution in [3.05, 3.63) is 40.2 Å². The Bertz CT molecular complexity index is 468. The normalized spacial score (nSPS) is 10.7. The summed E-state index contributed by atoms with van der Waals surface area (Å²) < 4.78 is 14.1.